The van der Waals surface area contributed by atoms with E-state index in [0.717, 1.165) is 29.4 Å². The Balaban J connectivity index is 2.22. The van der Waals surface area contributed by atoms with Crippen LogP contribution in [-0.4, -0.2) is 16.6 Å². The third-order valence-electron chi connectivity index (χ3n) is 2.76. The fourth-order valence-electron chi connectivity index (χ4n) is 1.81. The maximum atomic E-state index is 6.13. The van der Waals surface area contributed by atoms with E-state index >= 15 is 0 Å². The van der Waals surface area contributed by atoms with Gasteiger partial charge in [-0.25, -0.2) is 4.98 Å². The third kappa shape index (κ3) is 2.87. The minimum absolute atomic E-state index is 0.785. The van der Waals surface area contributed by atoms with E-state index in [0.29, 0.717) is 0 Å². The van der Waals surface area contributed by atoms with Crippen molar-refractivity contribution in [3.8, 4) is 0 Å². The summed E-state index contributed by atoms with van der Waals surface area (Å²) < 4.78 is 2.03. The van der Waals surface area contributed by atoms with Gasteiger partial charge in [0, 0.05) is 37.4 Å². The average Bonchev–Trinajstić information content (AvgIpc) is 2.70. The zero-order chi connectivity index (χ0) is 12.3. The summed E-state index contributed by atoms with van der Waals surface area (Å²) >= 11 is 6.13. The molecule has 0 spiro atoms. The summed E-state index contributed by atoms with van der Waals surface area (Å²) in [6.07, 6.45) is 4.61. The third-order valence-corrected chi connectivity index (χ3v) is 3.13. The summed E-state index contributed by atoms with van der Waals surface area (Å²) in [5, 5.41) is 3.93. The summed E-state index contributed by atoms with van der Waals surface area (Å²) in [5.41, 5.74) is 2.36. The first-order valence-corrected chi connectivity index (χ1v) is 5.96. The molecule has 0 amide bonds. The van der Waals surface area contributed by atoms with Crippen LogP contribution in [0.25, 0.3) is 0 Å². The highest BCUT2D eigenvalue weighted by atomic mass is 35.5. The van der Waals surface area contributed by atoms with Crippen molar-refractivity contribution in [1.82, 2.24) is 14.9 Å². The van der Waals surface area contributed by atoms with Gasteiger partial charge in [-0.15, -0.1) is 0 Å². The van der Waals surface area contributed by atoms with E-state index in [9.17, 15) is 0 Å². The van der Waals surface area contributed by atoms with E-state index in [1.54, 1.807) is 0 Å². The first-order valence-electron chi connectivity index (χ1n) is 5.59. The van der Waals surface area contributed by atoms with Gasteiger partial charge in [0.15, 0.2) is 0 Å². The fraction of sp³-hybridized carbons (Fsp3) is 0.308. The molecular formula is C13H16ClN3. The van der Waals surface area contributed by atoms with Gasteiger partial charge in [0.25, 0.3) is 0 Å². The lowest BCUT2D eigenvalue weighted by molar-refractivity contribution is 0.807. The Labute approximate surface area is 106 Å². The van der Waals surface area contributed by atoms with E-state index in [-0.39, 0.29) is 0 Å². The van der Waals surface area contributed by atoms with Gasteiger partial charge in [-0.2, -0.15) is 0 Å². The predicted octanol–water partition coefficient (Wildman–Crippen LogP) is 2.38. The predicted molar refractivity (Wildman–Crippen MR) is 70.2 cm³/mol. The molecule has 0 aliphatic rings. The van der Waals surface area contributed by atoms with Gasteiger partial charge in [-0.05, 0) is 24.2 Å². The van der Waals surface area contributed by atoms with Crippen LogP contribution in [0.2, 0.25) is 5.02 Å². The van der Waals surface area contributed by atoms with Gasteiger partial charge in [-0.3, -0.25) is 0 Å². The summed E-state index contributed by atoms with van der Waals surface area (Å²) in [7, 11) is 3.93. The number of imidazole rings is 1. The molecule has 1 N–H and O–H groups in total. The molecule has 2 rings (SSSR count). The molecule has 0 saturated heterocycles. The van der Waals surface area contributed by atoms with E-state index in [4.69, 9.17) is 11.6 Å². The monoisotopic (exact) mass is 249 g/mol. The Hall–Kier alpha value is -1.32. The van der Waals surface area contributed by atoms with E-state index in [1.807, 2.05) is 37.1 Å². The number of aromatic nitrogens is 2. The van der Waals surface area contributed by atoms with Crippen molar-refractivity contribution in [2.24, 2.45) is 7.05 Å². The summed E-state index contributed by atoms with van der Waals surface area (Å²) in [4.78, 5) is 4.32. The van der Waals surface area contributed by atoms with E-state index in [2.05, 4.69) is 22.4 Å². The van der Waals surface area contributed by atoms with Crippen LogP contribution in [0, 0.1) is 0 Å². The molecule has 90 valence electrons. The molecule has 0 bridgehead atoms. The maximum Gasteiger partial charge on any atom is 0.112 e. The van der Waals surface area contributed by atoms with Gasteiger partial charge < -0.3 is 9.88 Å². The molecule has 4 heteroatoms. The molecule has 0 aliphatic carbocycles. The van der Waals surface area contributed by atoms with Gasteiger partial charge in [0.05, 0.1) is 0 Å². The lowest BCUT2D eigenvalue weighted by Crippen LogP contribution is -2.06. The molecule has 1 aromatic heterocycles. The van der Waals surface area contributed by atoms with Crippen molar-refractivity contribution in [3.63, 3.8) is 0 Å². The van der Waals surface area contributed by atoms with Gasteiger partial charge >= 0.3 is 0 Å². The van der Waals surface area contributed by atoms with Crippen LogP contribution in [0.15, 0.2) is 30.6 Å². The molecular weight excluding hydrogens is 234 g/mol. The lowest BCUT2D eigenvalue weighted by atomic mass is 10.1. The van der Waals surface area contributed by atoms with Crippen LogP contribution < -0.4 is 5.32 Å². The Morgan fingerprint density at radius 3 is 2.88 bits per heavy atom. The van der Waals surface area contributed by atoms with Gasteiger partial charge in [0.2, 0.25) is 0 Å². The van der Waals surface area contributed by atoms with Crippen LogP contribution in [0.1, 0.15) is 17.0 Å². The number of hydrogen-bond donors (Lipinski definition) is 1. The molecule has 0 radical (unpaired) electrons. The minimum atomic E-state index is 0.785. The molecule has 17 heavy (non-hydrogen) atoms. The van der Waals surface area contributed by atoms with Crippen LogP contribution in [-0.2, 0) is 20.0 Å². The number of benzene rings is 1. The quantitative estimate of drug-likeness (QED) is 0.902. The van der Waals surface area contributed by atoms with E-state index in [1.165, 1.54) is 5.56 Å². The zero-order valence-electron chi connectivity index (χ0n) is 10.1. The number of rotatable bonds is 4. The molecule has 0 aliphatic heterocycles. The van der Waals surface area contributed by atoms with E-state index < -0.39 is 0 Å². The van der Waals surface area contributed by atoms with Crippen molar-refractivity contribution in [1.29, 1.82) is 0 Å². The molecule has 3 nitrogen and oxygen atoms in total. The highest BCUT2D eigenvalue weighted by Gasteiger charge is 2.05. The summed E-state index contributed by atoms with van der Waals surface area (Å²) in [5.74, 6) is 1.06. The zero-order valence-corrected chi connectivity index (χ0v) is 10.8. The summed E-state index contributed by atoms with van der Waals surface area (Å²) in [6, 6.07) is 6.14. The molecule has 0 unspecified atom stereocenters. The van der Waals surface area contributed by atoms with Crippen molar-refractivity contribution >= 4 is 11.6 Å². The second-order valence-corrected chi connectivity index (χ2v) is 4.49. The van der Waals surface area contributed by atoms with Crippen molar-refractivity contribution in [3.05, 3.63) is 52.6 Å². The first kappa shape index (κ1) is 12.1. The van der Waals surface area contributed by atoms with Crippen LogP contribution in [0.3, 0.4) is 0 Å². The van der Waals surface area contributed by atoms with Crippen LogP contribution in [0.5, 0.6) is 0 Å². The second-order valence-electron chi connectivity index (χ2n) is 4.09. The Kier molecular flexibility index (Phi) is 3.82. The molecule has 2 aromatic rings. The summed E-state index contributed by atoms with van der Waals surface area (Å²) in [6.45, 7) is 0.785. The molecule has 0 fully saturated rings. The SMILES string of the molecule is CNCc1cc(Cc2nccn2C)ccc1Cl. The standard InChI is InChI=1S/C13H16ClN3/c1-15-9-11-7-10(3-4-12(11)14)8-13-16-5-6-17(13)2/h3-7,15H,8-9H2,1-2H3. The number of aryl methyl sites for hydroxylation is 1. The van der Waals surface area contributed by atoms with Crippen molar-refractivity contribution in [2.75, 3.05) is 7.05 Å². The van der Waals surface area contributed by atoms with Crippen molar-refractivity contribution in [2.45, 2.75) is 13.0 Å². The normalized spacial score (nSPS) is 10.8. The minimum Gasteiger partial charge on any atom is -0.338 e. The van der Waals surface area contributed by atoms with Crippen LogP contribution in [0.4, 0.5) is 0 Å². The maximum absolute atomic E-state index is 6.13. The topological polar surface area (TPSA) is 29.9 Å². The first-order chi connectivity index (χ1) is 8.20. The van der Waals surface area contributed by atoms with Crippen LogP contribution >= 0.6 is 11.6 Å². The number of nitrogens with zero attached hydrogens (tertiary/aromatic N) is 2. The molecule has 0 saturated carbocycles. The Morgan fingerprint density at radius 1 is 1.41 bits per heavy atom. The Morgan fingerprint density at radius 2 is 2.24 bits per heavy atom. The van der Waals surface area contributed by atoms with Crippen molar-refractivity contribution < 1.29 is 0 Å². The highest BCUT2D eigenvalue weighted by Crippen LogP contribution is 2.19. The lowest BCUT2D eigenvalue weighted by Gasteiger charge is -2.07. The highest BCUT2D eigenvalue weighted by molar-refractivity contribution is 6.31. The largest absolute Gasteiger partial charge is 0.338 e. The average molecular weight is 250 g/mol. The Bertz CT molecular complexity index is 505. The number of halogens is 1. The molecule has 1 aromatic carbocycles. The number of hydrogen-bond acceptors (Lipinski definition) is 2. The molecule has 0 atom stereocenters. The smallest absolute Gasteiger partial charge is 0.112 e. The van der Waals surface area contributed by atoms with Gasteiger partial charge in [-0.1, -0.05) is 23.7 Å². The molecule has 1 heterocycles. The fourth-order valence-corrected chi connectivity index (χ4v) is 2.00. The number of nitrogens with one attached hydrogen (secondary N) is 1. The second kappa shape index (κ2) is 5.34. The van der Waals surface area contributed by atoms with Gasteiger partial charge in [0.1, 0.15) is 5.82 Å².